The van der Waals surface area contributed by atoms with E-state index in [1.54, 1.807) is 24.3 Å². The monoisotopic (exact) mass is 181 g/mol. The first-order valence-electron chi connectivity index (χ1n) is 3.82. The number of carbonyl (C=O) groups excluding carboxylic acids is 1. The van der Waals surface area contributed by atoms with Crippen molar-refractivity contribution >= 4 is 17.4 Å². The Morgan fingerprint density at radius 2 is 1.92 bits per heavy atom. The van der Waals surface area contributed by atoms with Gasteiger partial charge in [0.2, 0.25) is 0 Å². The third kappa shape index (κ3) is 2.35. The molecule has 63 valence electrons. The van der Waals surface area contributed by atoms with Crippen LogP contribution in [0.25, 0.3) is 0 Å². The highest BCUT2D eigenvalue weighted by Gasteiger charge is 2.02. The van der Waals surface area contributed by atoms with E-state index < -0.39 is 0 Å². The van der Waals surface area contributed by atoms with Gasteiger partial charge in [0, 0.05) is 17.0 Å². The molecule has 0 amide bonds. The van der Waals surface area contributed by atoms with Crippen LogP contribution in [0.3, 0.4) is 0 Å². The average molecular weight is 182 g/mol. The van der Waals surface area contributed by atoms with Gasteiger partial charge in [0.25, 0.3) is 0 Å². The lowest BCUT2D eigenvalue weighted by molar-refractivity contribution is 0.0983. The molecule has 1 rings (SSSR count). The van der Waals surface area contributed by atoms with Crippen molar-refractivity contribution in [3.63, 3.8) is 0 Å². The van der Waals surface area contributed by atoms with Crippen molar-refractivity contribution in [1.29, 1.82) is 0 Å². The van der Waals surface area contributed by atoms with Gasteiger partial charge in [-0.3, -0.25) is 4.79 Å². The Bertz CT molecular complexity index is 264. The Morgan fingerprint density at radius 3 is 2.42 bits per heavy atom. The molecule has 0 aliphatic rings. The van der Waals surface area contributed by atoms with Crippen molar-refractivity contribution in [1.82, 2.24) is 0 Å². The number of Topliss-reactive ketones (excluding diaryl/α,β-unsaturated/α-hetero) is 1. The molecule has 0 aliphatic carbocycles. The lowest BCUT2D eigenvalue weighted by atomic mass is 10.1. The third-order valence-corrected chi connectivity index (χ3v) is 1.82. The minimum Gasteiger partial charge on any atom is -0.294 e. The van der Waals surface area contributed by atoms with Crippen LogP contribution in [0.1, 0.15) is 23.2 Å². The molecule has 0 aromatic heterocycles. The maximum Gasteiger partial charge on any atom is 0.162 e. The van der Waals surface area contributed by atoms with Crippen LogP contribution in [0.5, 0.6) is 0 Å². The number of benzene rings is 1. The quantitative estimate of drug-likeness (QED) is 0.655. The van der Waals surface area contributed by atoms with E-state index in [1.807, 2.05) is 0 Å². The molecule has 0 N–H and O–H groups in total. The number of ketones is 1. The van der Waals surface area contributed by atoms with Crippen LogP contribution in [-0.4, -0.2) is 5.78 Å². The summed E-state index contributed by atoms with van der Waals surface area (Å²) < 4.78 is 0. The number of carbonyl (C=O) groups is 1. The van der Waals surface area contributed by atoms with Gasteiger partial charge in [-0.1, -0.05) is 18.5 Å². The zero-order chi connectivity index (χ0) is 8.97. The molecule has 12 heavy (non-hydrogen) atoms. The van der Waals surface area contributed by atoms with E-state index in [0.29, 0.717) is 23.4 Å². The van der Waals surface area contributed by atoms with E-state index in [2.05, 4.69) is 6.92 Å². The van der Waals surface area contributed by atoms with Crippen molar-refractivity contribution in [3.05, 3.63) is 41.8 Å². The first kappa shape index (κ1) is 9.27. The van der Waals surface area contributed by atoms with E-state index in [-0.39, 0.29) is 5.78 Å². The van der Waals surface area contributed by atoms with Crippen LogP contribution in [0.2, 0.25) is 5.02 Å². The van der Waals surface area contributed by atoms with E-state index >= 15 is 0 Å². The van der Waals surface area contributed by atoms with Crippen molar-refractivity contribution in [3.8, 4) is 0 Å². The molecule has 1 radical (unpaired) electrons. The third-order valence-electron chi connectivity index (χ3n) is 1.57. The van der Waals surface area contributed by atoms with Crippen molar-refractivity contribution in [2.45, 2.75) is 12.8 Å². The molecule has 0 spiro atoms. The molecule has 0 fully saturated rings. The van der Waals surface area contributed by atoms with Gasteiger partial charge in [-0.2, -0.15) is 0 Å². The minimum absolute atomic E-state index is 0.127. The van der Waals surface area contributed by atoms with Crippen molar-refractivity contribution < 1.29 is 4.79 Å². The predicted molar refractivity (Wildman–Crippen MR) is 50.4 cm³/mol. The molecule has 0 heterocycles. The van der Waals surface area contributed by atoms with Gasteiger partial charge in [-0.05, 0) is 30.7 Å². The molecule has 0 atom stereocenters. The summed E-state index contributed by atoms with van der Waals surface area (Å²) in [6.45, 7) is 3.62. The summed E-state index contributed by atoms with van der Waals surface area (Å²) in [5, 5.41) is 0.654. The molecule has 0 saturated heterocycles. The van der Waals surface area contributed by atoms with E-state index in [0.717, 1.165) is 0 Å². The van der Waals surface area contributed by atoms with E-state index in [1.165, 1.54) is 0 Å². The molecule has 0 saturated carbocycles. The summed E-state index contributed by atoms with van der Waals surface area (Å²) in [6.07, 6.45) is 1.14. The van der Waals surface area contributed by atoms with Crippen LogP contribution in [0.4, 0.5) is 0 Å². The second kappa shape index (κ2) is 4.27. The second-order valence-electron chi connectivity index (χ2n) is 2.53. The molecular formula is C10H10ClO. The lowest BCUT2D eigenvalue weighted by Crippen LogP contribution is -1.96. The SMILES string of the molecule is [CH2]CCC(=O)c1ccc(Cl)cc1. The topological polar surface area (TPSA) is 17.1 Å². The number of halogens is 1. The van der Waals surface area contributed by atoms with E-state index in [9.17, 15) is 4.79 Å². The predicted octanol–water partition coefficient (Wildman–Crippen LogP) is 3.14. The summed E-state index contributed by atoms with van der Waals surface area (Å²) in [7, 11) is 0. The average Bonchev–Trinajstić information content (AvgIpc) is 2.06. The fourth-order valence-electron chi connectivity index (χ4n) is 0.941. The van der Waals surface area contributed by atoms with Gasteiger partial charge in [0.1, 0.15) is 0 Å². The summed E-state index contributed by atoms with van der Waals surface area (Å²) in [5.41, 5.74) is 0.711. The van der Waals surface area contributed by atoms with Gasteiger partial charge >= 0.3 is 0 Å². The molecule has 1 aromatic carbocycles. The molecule has 0 unspecified atom stereocenters. The van der Waals surface area contributed by atoms with Crippen LogP contribution in [-0.2, 0) is 0 Å². The highest BCUT2D eigenvalue weighted by Crippen LogP contribution is 2.11. The first-order chi connectivity index (χ1) is 5.74. The van der Waals surface area contributed by atoms with Crippen LogP contribution >= 0.6 is 11.6 Å². The molecule has 0 bridgehead atoms. The Balaban J connectivity index is 2.75. The standard InChI is InChI=1S/C10H10ClO/c1-2-3-10(12)8-4-6-9(11)7-5-8/h4-7H,1-3H2. The zero-order valence-electron chi connectivity index (χ0n) is 6.72. The largest absolute Gasteiger partial charge is 0.294 e. The van der Waals surface area contributed by atoms with Crippen LogP contribution < -0.4 is 0 Å². The number of hydrogen-bond acceptors (Lipinski definition) is 1. The Morgan fingerprint density at radius 1 is 1.33 bits per heavy atom. The van der Waals surface area contributed by atoms with Crippen LogP contribution in [0, 0.1) is 6.92 Å². The molecular weight excluding hydrogens is 172 g/mol. The lowest BCUT2D eigenvalue weighted by Gasteiger charge is -1.97. The smallest absolute Gasteiger partial charge is 0.162 e. The summed E-state index contributed by atoms with van der Waals surface area (Å²) in [5.74, 6) is 0.127. The minimum atomic E-state index is 0.127. The van der Waals surface area contributed by atoms with Gasteiger partial charge in [-0.25, -0.2) is 0 Å². The maximum atomic E-state index is 11.3. The van der Waals surface area contributed by atoms with Gasteiger partial charge in [0.05, 0.1) is 0 Å². The molecule has 0 aliphatic heterocycles. The number of hydrogen-bond donors (Lipinski definition) is 0. The first-order valence-corrected chi connectivity index (χ1v) is 4.20. The Kier molecular flexibility index (Phi) is 3.30. The zero-order valence-corrected chi connectivity index (χ0v) is 7.47. The normalized spacial score (nSPS) is 9.83. The Hall–Kier alpha value is -0.820. The summed E-state index contributed by atoms with van der Waals surface area (Å²) in [4.78, 5) is 11.3. The van der Waals surface area contributed by atoms with Gasteiger partial charge < -0.3 is 0 Å². The summed E-state index contributed by atoms with van der Waals surface area (Å²) in [6, 6.07) is 6.91. The molecule has 1 aromatic rings. The molecule has 2 heteroatoms. The second-order valence-corrected chi connectivity index (χ2v) is 2.97. The summed E-state index contributed by atoms with van der Waals surface area (Å²) >= 11 is 5.67. The molecule has 1 nitrogen and oxygen atoms in total. The van der Waals surface area contributed by atoms with Gasteiger partial charge in [-0.15, -0.1) is 0 Å². The van der Waals surface area contributed by atoms with Gasteiger partial charge in [0.15, 0.2) is 5.78 Å². The highest BCUT2D eigenvalue weighted by atomic mass is 35.5. The Labute approximate surface area is 77.4 Å². The highest BCUT2D eigenvalue weighted by molar-refractivity contribution is 6.30. The fraction of sp³-hybridized carbons (Fsp3) is 0.200. The van der Waals surface area contributed by atoms with E-state index in [4.69, 9.17) is 11.6 Å². The maximum absolute atomic E-state index is 11.3. The van der Waals surface area contributed by atoms with Crippen molar-refractivity contribution in [2.75, 3.05) is 0 Å². The van der Waals surface area contributed by atoms with Crippen LogP contribution in [0.15, 0.2) is 24.3 Å². The van der Waals surface area contributed by atoms with Crippen molar-refractivity contribution in [2.24, 2.45) is 0 Å². The number of rotatable bonds is 3. The fourth-order valence-corrected chi connectivity index (χ4v) is 1.07.